The van der Waals surface area contributed by atoms with Gasteiger partial charge in [0.2, 0.25) is 0 Å². The topological polar surface area (TPSA) is 20.2 Å². The van der Waals surface area contributed by atoms with Gasteiger partial charge in [-0.2, -0.15) is 8.78 Å². The van der Waals surface area contributed by atoms with Crippen LogP contribution in [0.4, 0.5) is 13.2 Å². The summed E-state index contributed by atoms with van der Waals surface area (Å²) in [7, 11) is 0. The third-order valence-electron chi connectivity index (χ3n) is 1.06. The first-order chi connectivity index (χ1) is 4.81. The maximum absolute atomic E-state index is 12.6. The summed E-state index contributed by atoms with van der Waals surface area (Å²) in [4.78, 5) is 0. The van der Waals surface area contributed by atoms with E-state index in [2.05, 4.69) is 11.6 Å². The van der Waals surface area contributed by atoms with Crippen molar-refractivity contribution in [3.63, 3.8) is 0 Å². The maximum atomic E-state index is 12.6. The molecule has 0 saturated heterocycles. The molecule has 0 unspecified atom stereocenters. The van der Waals surface area contributed by atoms with Gasteiger partial charge >= 0.3 is 5.38 Å². The summed E-state index contributed by atoms with van der Waals surface area (Å²) in [5.74, 6) is 0. The summed E-state index contributed by atoms with van der Waals surface area (Å²) < 4.78 is 36.6. The number of aliphatic hydroxyl groups excluding tert-OH is 1. The molecule has 0 saturated carbocycles. The van der Waals surface area contributed by atoms with E-state index in [-0.39, 0.29) is 6.42 Å². The number of alkyl halides is 5. The minimum Gasteiger partial charge on any atom is -0.396 e. The van der Waals surface area contributed by atoms with Gasteiger partial charge in [-0.3, -0.25) is 0 Å². The van der Waals surface area contributed by atoms with Crippen LogP contribution in [0, 0.1) is 0 Å². The van der Waals surface area contributed by atoms with Crippen molar-refractivity contribution in [2.24, 2.45) is 0 Å². The second-order valence-electron chi connectivity index (χ2n) is 2.03. The molecule has 11 heavy (non-hydrogen) atoms. The van der Waals surface area contributed by atoms with E-state index in [0.717, 1.165) is 0 Å². The molecule has 1 N–H and O–H groups in total. The lowest BCUT2D eigenvalue weighted by Crippen LogP contribution is -2.34. The van der Waals surface area contributed by atoms with Crippen molar-refractivity contribution in [2.75, 3.05) is 6.61 Å². The second kappa shape index (κ2) is 3.83. The second-order valence-corrected chi connectivity index (χ2v) is 3.10. The minimum absolute atomic E-state index is 0.150. The predicted octanol–water partition coefficient (Wildman–Crippen LogP) is 2.50. The van der Waals surface area contributed by atoms with Gasteiger partial charge in [0.25, 0.3) is 5.13 Å². The largest absolute Gasteiger partial charge is 0.396 e. The first-order valence-corrected chi connectivity index (χ1v) is 3.62. The van der Waals surface area contributed by atoms with Crippen molar-refractivity contribution in [2.45, 2.75) is 23.4 Å². The quantitative estimate of drug-likeness (QED) is 0.708. The van der Waals surface area contributed by atoms with Gasteiger partial charge in [0.15, 0.2) is 0 Å². The van der Waals surface area contributed by atoms with E-state index in [1.54, 1.807) is 0 Å². The van der Waals surface area contributed by atoms with E-state index in [9.17, 15) is 13.2 Å². The highest BCUT2D eigenvalue weighted by atomic mass is 35.5. The molecule has 6 heteroatoms. The summed E-state index contributed by atoms with van der Waals surface area (Å²) in [6.07, 6.45) is -0.829. The summed E-state index contributed by atoms with van der Waals surface area (Å²) in [6.45, 7) is -0.397. The highest BCUT2D eigenvalue weighted by Crippen LogP contribution is 2.42. The highest BCUT2D eigenvalue weighted by molar-refractivity contribution is 6.32. The lowest BCUT2D eigenvalue weighted by atomic mass is 10.2. The fourth-order valence-corrected chi connectivity index (χ4v) is 0.671. The molecule has 0 bridgehead atoms. The molecule has 0 aliphatic rings. The van der Waals surface area contributed by atoms with Gasteiger partial charge in [0.05, 0.1) is 0 Å². The fraction of sp³-hybridized carbons (Fsp3) is 1.00. The van der Waals surface area contributed by atoms with Crippen LogP contribution < -0.4 is 0 Å². The molecule has 0 radical (unpaired) electrons. The Morgan fingerprint density at radius 3 is 1.91 bits per heavy atom. The van der Waals surface area contributed by atoms with Crippen LogP contribution >= 0.6 is 23.2 Å². The van der Waals surface area contributed by atoms with E-state index in [4.69, 9.17) is 16.7 Å². The van der Waals surface area contributed by atoms with Crippen molar-refractivity contribution in [1.82, 2.24) is 0 Å². The zero-order chi connectivity index (χ0) is 9.12. The van der Waals surface area contributed by atoms with Gasteiger partial charge in [-0.25, -0.2) is 4.39 Å². The first kappa shape index (κ1) is 11.3. The standard InChI is InChI=1S/C5H7Cl2F3O/c6-4(8,2-1-3-11)5(7,9)10/h11H,1-3H2/t4-/m1/s1. The molecule has 0 rings (SSSR count). The van der Waals surface area contributed by atoms with Crippen LogP contribution in [-0.2, 0) is 0 Å². The molecular weight excluding hydrogens is 204 g/mol. The summed E-state index contributed by atoms with van der Waals surface area (Å²) in [6, 6.07) is 0. The monoisotopic (exact) mass is 210 g/mol. The summed E-state index contributed by atoms with van der Waals surface area (Å²) >= 11 is 9.07. The van der Waals surface area contributed by atoms with E-state index in [1.807, 2.05) is 0 Å². The van der Waals surface area contributed by atoms with Gasteiger partial charge in [0, 0.05) is 13.0 Å². The SMILES string of the molecule is OCCC[C@](F)(Cl)C(F)(F)Cl. The fourth-order valence-electron chi connectivity index (χ4n) is 0.443. The molecule has 0 aliphatic carbocycles. The average Bonchev–Trinajstić information content (AvgIpc) is 1.81. The van der Waals surface area contributed by atoms with Crippen molar-refractivity contribution in [1.29, 1.82) is 0 Å². The molecule has 0 spiro atoms. The van der Waals surface area contributed by atoms with Gasteiger partial charge in [-0.15, -0.1) is 0 Å². The number of hydrogen-bond acceptors (Lipinski definition) is 1. The molecule has 0 fully saturated rings. The number of halogens is 5. The van der Waals surface area contributed by atoms with E-state index >= 15 is 0 Å². The van der Waals surface area contributed by atoms with Gasteiger partial charge < -0.3 is 5.11 Å². The van der Waals surface area contributed by atoms with Crippen LogP contribution in [0.25, 0.3) is 0 Å². The Morgan fingerprint density at radius 2 is 1.64 bits per heavy atom. The Morgan fingerprint density at radius 1 is 1.18 bits per heavy atom. The number of hydrogen-bond donors (Lipinski definition) is 1. The van der Waals surface area contributed by atoms with Gasteiger partial charge in [-0.05, 0) is 18.0 Å². The average molecular weight is 211 g/mol. The zero-order valence-corrected chi connectivity index (χ0v) is 6.97. The third-order valence-corrected chi connectivity index (χ3v) is 1.89. The lowest BCUT2D eigenvalue weighted by Gasteiger charge is -2.21. The molecule has 0 aromatic carbocycles. The Balaban J connectivity index is 4.00. The Hall–Kier alpha value is 0.330. The van der Waals surface area contributed by atoms with E-state index in [1.165, 1.54) is 0 Å². The van der Waals surface area contributed by atoms with Crippen molar-refractivity contribution < 1.29 is 18.3 Å². The lowest BCUT2D eigenvalue weighted by molar-refractivity contribution is -0.0264. The van der Waals surface area contributed by atoms with Crippen LogP contribution in [0.1, 0.15) is 12.8 Å². The normalized spacial score (nSPS) is 18.0. The van der Waals surface area contributed by atoms with Crippen LogP contribution in [0.5, 0.6) is 0 Å². The highest BCUT2D eigenvalue weighted by Gasteiger charge is 2.51. The van der Waals surface area contributed by atoms with Crippen LogP contribution in [0.2, 0.25) is 0 Å². The maximum Gasteiger partial charge on any atom is 0.368 e. The molecule has 0 aromatic heterocycles. The first-order valence-electron chi connectivity index (χ1n) is 2.86. The molecule has 0 amide bonds. The molecular formula is C5H7Cl2F3O. The van der Waals surface area contributed by atoms with Crippen molar-refractivity contribution in [3.8, 4) is 0 Å². The number of aliphatic hydroxyl groups is 1. The smallest absolute Gasteiger partial charge is 0.368 e. The molecule has 68 valence electrons. The Kier molecular flexibility index (Phi) is 3.94. The van der Waals surface area contributed by atoms with Crippen molar-refractivity contribution >= 4 is 23.2 Å². The predicted molar refractivity (Wildman–Crippen MR) is 36.8 cm³/mol. The molecule has 0 heterocycles. The third kappa shape index (κ3) is 3.49. The van der Waals surface area contributed by atoms with Crippen molar-refractivity contribution in [3.05, 3.63) is 0 Å². The van der Waals surface area contributed by atoms with Gasteiger partial charge in [-0.1, -0.05) is 11.6 Å². The molecule has 1 nitrogen and oxygen atoms in total. The molecule has 0 aliphatic heterocycles. The van der Waals surface area contributed by atoms with Crippen LogP contribution in [-0.4, -0.2) is 22.2 Å². The van der Waals surface area contributed by atoms with E-state index < -0.39 is 23.5 Å². The number of rotatable bonds is 4. The Labute approximate surface area is 72.1 Å². The summed E-state index contributed by atoms with van der Waals surface area (Å²) in [5.41, 5.74) is 0. The Bertz CT molecular complexity index is 123. The molecule has 0 aromatic rings. The van der Waals surface area contributed by atoms with Gasteiger partial charge in [0.1, 0.15) is 0 Å². The molecule has 1 atom stereocenters. The van der Waals surface area contributed by atoms with Crippen LogP contribution in [0.15, 0.2) is 0 Å². The zero-order valence-electron chi connectivity index (χ0n) is 5.46. The van der Waals surface area contributed by atoms with Crippen LogP contribution in [0.3, 0.4) is 0 Å². The summed E-state index contributed by atoms with van der Waals surface area (Å²) in [5, 5.41) is 0.822. The minimum atomic E-state index is -4.09. The van der Waals surface area contributed by atoms with E-state index in [0.29, 0.717) is 0 Å².